The van der Waals surface area contributed by atoms with E-state index in [1.54, 1.807) is 30.5 Å². The maximum atomic E-state index is 12.6. The molecule has 1 aliphatic rings. The Kier molecular flexibility index (Phi) is 7.36. The summed E-state index contributed by atoms with van der Waals surface area (Å²) in [6.45, 7) is 1.57. The minimum atomic E-state index is -3.49. The molecule has 2 aromatic rings. The number of sulfonamides is 1. The lowest BCUT2D eigenvalue weighted by molar-refractivity contribution is -0.121. The highest BCUT2D eigenvalue weighted by molar-refractivity contribution is 9.10. The number of hydrogen-bond acceptors (Lipinski definition) is 6. The summed E-state index contributed by atoms with van der Waals surface area (Å²) >= 11 is 4.88. The van der Waals surface area contributed by atoms with Crippen LogP contribution in [-0.4, -0.2) is 51.1 Å². The fourth-order valence-corrected chi connectivity index (χ4v) is 5.35. The summed E-state index contributed by atoms with van der Waals surface area (Å²) in [5.41, 5.74) is 3.39. The van der Waals surface area contributed by atoms with Crippen molar-refractivity contribution in [3.05, 3.63) is 50.6 Å². The van der Waals surface area contributed by atoms with Gasteiger partial charge < -0.3 is 4.74 Å². The molecule has 0 bridgehead atoms. The number of aryl methyl sites for hydroxylation is 1. The van der Waals surface area contributed by atoms with E-state index in [-0.39, 0.29) is 17.2 Å². The number of morpholine rings is 1. The van der Waals surface area contributed by atoms with E-state index >= 15 is 0 Å². The van der Waals surface area contributed by atoms with E-state index in [0.717, 1.165) is 14.9 Å². The van der Waals surface area contributed by atoms with Crippen molar-refractivity contribution in [3.63, 3.8) is 0 Å². The maximum Gasteiger partial charge on any atom is 0.243 e. The second kappa shape index (κ2) is 9.75. The molecule has 0 aliphatic carbocycles. The smallest absolute Gasteiger partial charge is 0.243 e. The Labute approximate surface area is 176 Å². The largest absolute Gasteiger partial charge is 0.379 e. The van der Waals surface area contributed by atoms with Crippen LogP contribution in [0.1, 0.15) is 16.9 Å². The number of ether oxygens (including phenoxy) is 1. The first kappa shape index (κ1) is 21.1. The number of nitrogens with one attached hydrogen (secondary N) is 1. The maximum absolute atomic E-state index is 12.6. The number of thiophene rings is 1. The molecule has 1 aromatic carbocycles. The molecular formula is C18H20BrN3O4S2. The third-order valence-corrected chi connectivity index (χ3v) is 7.68. The molecule has 1 aromatic heterocycles. The van der Waals surface area contributed by atoms with Gasteiger partial charge in [-0.2, -0.15) is 9.41 Å². The van der Waals surface area contributed by atoms with Gasteiger partial charge in [0.15, 0.2) is 0 Å². The van der Waals surface area contributed by atoms with Gasteiger partial charge in [0.2, 0.25) is 15.9 Å². The summed E-state index contributed by atoms with van der Waals surface area (Å²) in [6.07, 6.45) is 2.36. The highest BCUT2D eigenvalue weighted by Crippen LogP contribution is 2.19. The zero-order valence-electron chi connectivity index (χ0n) is 15.0. The molecule has 1 amide bonds. The fourth-order valence-electron chi connectivity index (χ4n) is 2.64. The van der Waals surface area contributed by atoms with Gasteiger partial charge in [0.1, 0.15) is 0 Å². The van der Waals surface area contributed by atoms with E-state index in [1.165, 1.54) is 15.6 Å². The average Bonchev–Trinajstić information content (AvgIpc) is 3.12. The predicted molar refractivity (Wildman–Crippen MR) is 112 cm³/mol. The van der Waals surface area contributed by atoms with E-state index in [4.69, 9.17) is 4.74 Å². The van der Waals surface area contributed by atoms with Crippen LogP contribution < -0.4 is 5.43 Å². The molecule has 2 heterocycles. The number of hydrazone groups is 1. The second-order valence-corrected chi connectivity index (χ2v) is 9.92. The van der Waals surface area contributed by atoms with Crippen LogP contribution in [0.2, 0.25) is 0 Å². The van der Waals surface area contributed by atoms with Crippen LogP contribution in [0.25, 0.3) is 0 Å². The Hall–Kier alpha value is -1.59. The highest BCUT2D eigenvalue weighted by atomic mass is 79.9. The van der Waals surface area contributed by atoms with Gasteiger partial charge in [0.25, 0.3) is 0 Å². The van der Waals surface area contributed by atoms with Crippen LogP contribution in [0.4, 0.5) is 0 Å². The summed E-state index contributed by atoms with van der Waals surface area (Å²) in [7, 11) is -3.49. The topological polar surface area (TPSA) is 88.1 Å². The Balaban J connectivity index is 1.50. The van der Waals surface area contributed by atoms with Gasteiger partial charge in [0.05, 0.1) is 24.3 Å². The van der Waals surface area contributed by atoms with Gasteiger partial charge in [-0.15, -0.1) is 11.3 Å². The van der Waals surface area contributed by atoms with Gasteiger partial charge in [0, 0.05) is 34.2 Å². The Morgan fingerprint density at radius 1 is 1.29 bits per heavy atom. The van der Waals surface area contributed by atoms with Crippen LogP contribution in [0.3, 0.4) is 0 Å². The highest BCUT2D eigenvalue weighted by Gasteiger charge is 2.26. The lowest BCUT2D eigenvalue weighted by Crippen LogP contribution is -2.40. The Morgan fingerprint density at radius 3 is 2.64 bits per heavy atom. The van der Waals surface area contributed by atoms with E-state index in [2.05, 4.69) is 26.5 Å². The average molecular weight is 486 g/mol. The molecule has 1 fully saturated rings. The van der Waals surface area contributed by atoms with Crippen LogP contribution >= 0.6 is 27.3 Å². The first-order chi connectivity index (χ1) is 13.4. The van der Waals surface area contributed by atoms with Crippen molar-refractivity contribution in [1.82, 2.24) is 9.73 Å². The number of benzene rings is 1. The zero-order chi connectivity index (χ0) is 20.0. The van der Waals surface area contributed by atoms with Gasteiger partial charge in [-0.3, -0.25) is 4.79 Å². The van der Waals surface area contributed by atoms with Crippen molar-refractivity contribution in [2.75, 3.05) is 26.3 Å². The monoisotopic (exact) mass is 485 g/mol. The molecule has 0 saturated carbocycles. The van der Waals surface area contributed by atoms with Crippen molar-refractivity contribution in [2.45, 2.75) is 17.7 Å². The van der Waals surface area contributed by atoms with Crippen LogP contribution in [0, 0.1) is 0 Å². The van der Waals surface area contributed by atoms with E-state index in [0.29, 0.717) is 32.7 Å². The zero-order valence-corrected chi connectivity index (χ0v) is 18.2. The van der Waals surface area contributed by atoms with Crippen molar-refractivity contribution in [1.29, 1.82) is 0 Å². The van der Waals surface area contributed by atoms with Crippen molar-refractivity contribution in [3.8, 4) is 0 Å². The molecule has 1 saturated heterocycles. The quantitative estimate of drug-likeness (QED) is 0.482. The van der Waals surface area contributed by atoms with Crippen LogP contribution in [0.5, 0.6) is 0 Å². The van der Waals surface area contributed by atoms with Crippen molar-refractivity contribution >= 4 is 49.4 Å². The molecule has 28 heavy (non-hydrogen) atoms. The van der Waals surface area contributed by atoms with Gasteiger partial charge in [-0.25, -0.2) is 13.8 Å². The third kappa shape index (κ3) is 5.71. The molecule has 1 aliphatic heterocycles. The summed E-state index contributed by atoms with van der Waals surface area (Å²) in [5, 5.41) is 5.87. The number of nitrogens with zero attached hydrogens (tertiary/aromatic N) is 2. The lowest BCUT2D eigenvalue weighted by Gasteiger charge is -2.26. The number of rotatable bonds is 7. The molecule has 150 valence electrons. The summed E-state index contributed by atoms with van der Waals surface area (Å²) < 4.78 is 32.8. The predicted octanol–water partition coefficient (Wildman–Crippen LogP) is 2.61. The SMILES string of the molecule is O=C(CCc1ccc(S(=O)(=O)N2CCOCC2)cc1)N/N=C/c1cc(Br)cs1. The fraction of sp³-hybridized carbons (Fsp3) is 0.333. The first-order valence-corrected chi connectivity index (χ1v) is 11.8. The lowest BCUT2D eigenvalue weighted by atomic mass is 10.1. The third-order valence-electron chi connectivity index (χ3n) is 4.14. The molecule has 3 rings (SSSR count). The molecule has 0 spiro atoms. The normalized spacial score (nSPS) is 15.8. The van der Waals surface area contributed by atoms with Gasteiger partial charge in [-0.1, -0.05) is 12.1 Å². The second-order valence-electron chi connectivity index (χ2n) is 6.12. The molecule has 1 N–H and O–H groups in total. The molecule has 0 unspecified atom stereocenters. The molecule has 0 atom stereocenters. The summed E-state index contributed by atoms with van der Waals surface area (Å²) in [5.74, 6) is -0.197. The Morgan fingerprint density at radius 2 is 2.00 bits per heavy atom. The number of carbonyl (C=O) groups is 1. The van der Waals surface area contributed by atoms with Gasteiger partial charge >= 0.3 is 0 Å². The van der Waals surface area contributed by atoms with Crippen molar-refractivity contribution < 1.29 is 17.9 Å². The van der Waals surface area contributed by atoms with Crippen LogP contribution in [0.15, 0.2) is 50.2 Å². The first-order valence-electron chi connectivity index (χ1n) is 8.68. The molecule has 0 radical (unpaired) electrons. The van der Waals surface area contributed by atoms with E-state index < -0.39 is 10.0 Å². The molecule has 7 nitrogen and oxygen atoms in total. The number of halogens is 1. The number of amides is 1. The summed E-state index contributed by atoms with van der Waals surface area (Å²) in [4.78, 5) is 13.1. The van der Waals surface area contributed by atoms with E-state index in [9.17, 15) is 13.2 Å². The van der Waals surface area contributed by atoms with Crippen LogP contribution in [-0.2, 0) is 26.0 Å². The minimum Gasteiger partial charge on any atom is -0.379 e. The molecular weight excluding hydrogens is 466 g/mol. The van der Waals surface area contributed by atoms with E-state index in [1.807, 2.05) is 11.4 Å². The Bertz CT molecular complexity index is 936. The standard InChI is InChI=1S/C18H20BrN3O4S2/c19-15-11-16(27-13-15)12-20-21-18(23)6-3-14-1-4-17(5-2-14)28(24,25)22-7-9-26-10-8-22/h1-2,4-5,11-13H,3,6-10H2,(H,21,23)/b20-12+. The van der Waals surface area contributed by atoms with Gasteiger partial charge in [-0.05, 0) is 46.1 Å². The molecule has 10 heteroatoms. The minimum absolute atomic E-state index is 0.197. The van der Waals surface area contributed by atoms with Crippen molar-refractivity contribution in [2.24, 2.45) is 5.10 Å². The number of carbonyl (C=O) groups excluding carboxylic acids is 1. The summed E-state index contributed by atoms with van der Waals surface area (Å²) in [6, 6.07) is 8.57. The number of hydrogen-bond donors (Lipinski definition) is 1.